The van der Waals surface area contributed by atoms with E-state index in [2.05, 4.69) is 25.8 Å². The largest absolute Gasteiger partial charge is 0.481 e. The third-order valence-corrected chi connectivity index (χ3v) is 4.45. The number of guanidine groups is 1. The maximum absolute atomic E-state index is 12.5. The molecule has 33 heavy (non-hydrogen) atoms. The smallest absolute Gasteiger partial charge is 0.316 e. The number of nitrogens with two attached hydrogens (primary N) is 3. The fraction of sp³-hybridized carbons (Fsp3) is 0.611. The van der Waals surface area contributed by atoms with Crippen LogP contribution in [-0.2, 0) is 14.4 Å². The molecule has 0 aromatic carbocycles. The van der Waals surface area contributed by atoms with Gasteiger partial charge in [-0.2, -0.15) is 4.98 Å². The van der Waals surface area contributed by atoms with Crippen molar-refractivity contribution in [1.82, 2.24) is 20.8 Å². The number of rotatable bonds is 15. The molecule has 1 rings (SSSR count). The van der Waals surface area contributed by atoms with Gasteiger partial charge in [-0.3, -0.25) is 19.4 Å². The van der Waals surface area contributed by atoms with Crippen LogP contribution in [0.4, 0.5) is 4.79 Å². The highest BCUT2D eigenvalue weighted by Crippen LogP contribution is 2.20. The molecule has 2 amide bonds. The van der Waals surface area contributed by atoms with Crippen LogP contribution >= 0.6 is 0 Å². The van der Waals surface area contributed by atoms with E-state index in [1.807, 2.05) is 0 Å². The molecule has 3 atom stereocenters. The monoisotopic (exact) mass is 470 g/mol. The molecule has 0 aliphatic carbocycles. The average Bonchev–Trinajstić information content (AvgIpc) is 3.21. The molecule has 15 nitrogen and oxygen atoms in total. The Hall–Kier alpha value is -3.75. The first-order valence-corrected chi connectivity index (χ1v) is 10.1. The second-order valence-corrected chi connectivity index (χ2v) is 7.24. The van der Waals surface area contributed by atoms with Gasteiger partial charge in [0.25, 0.3) is 0 Å². The van der Waals surface area contributed by atoms with E-state index in [9.17, 15) is 19.2 Å². The van der Waals surface area contributed by atoms with Crippen molar-refractivity contribution < 1.29 is 33.9 Å². The number of Topliss-reactive ketones (excluding diaryl/α,β-unsaturated/α-hetero) is 1. The molecule has 1 aromatic heterocycles. The Morgan fingerprint density at radius 1 is 1.06 bits per heavy atom. The molecule has 184 valence electrons. The summed E-state index contributed by atoms with van der Waals surface area (Å²) in [4.78, 5) is 53.7. The molecule has 0 fully saturated rings. The van der Waals surface area contributed by atoms with Gasteiger partial charge in [-0.25, -0.2) is 4.79 Å². The molecule has 0 unspecified atom stereocenters. The van der Waals surface area contributed by atoms with E-state index in [1.165, 1.54) is 6.92 Å². The molecule has 0 aliphatic heterocycles. The van der Waals surface area contributed by atoms with Crippen LogP contribution in [0.1, 0.15) is 69.2 Å². The first-order valence-electron chi connectivity index (χ1n) is 10.1. The number of amides is 2. The summed E-state index contributed by atoms with van der Waals surface area (Å²) in [6.45, 7) is 1.50. The summed E-state index contributed by atoms with van der Waals surface area (Å²) in [6, 6.07) is -3.33. The number of urea groups is 1. The predicted molar refractivity (Wildman–Crippen MR) is 114 cm³/mol. The molecule has 1 aromatic rings. The Morgan fingerprint density at radius 3 is 2.27 bits per heavy atom. The normalized spacial score (nSPS) is 13.4. The maximum atomic E-state index is 12.5. The van der Waals surface area contributed by atoms with Crippen LogP contribution in [-0.4, -0.2) is 62.7 Å². The third-order valence-electron chi connectivity index (χ3n) is 4.45. The Kier molecular flexibility index (Phi) is 11.3. The standard InChI is InChI=1S/C18H30N8O7/c1-9(27)11(5-7-14(30)31)23-18(32)24-12(3-2-8-22-17(20)21)16-25-15(26-33-16)10(19)4-6-13(28)29/h10-12H,2-8,19H2,1H3,(H,28,29)(H,30,31)(H4,20,21,22)(H2,23,24,32)/t10-,11-,12-/m0/s1. The molecule has 0 radical (unpaired) electrons. The minimum absolute atomic E-state index is 0.0144. The molecular weight excluding hydrogens is 440 g/mol. The Balaban J connectivity index is 2.90. The van der Waals surface area contributed by atoms with E-state index in [-0.39, 0.29) is 56.3 Å². The number of hydrogen-bond donors (Lipinski definition) is 7. The molecule has 1 heterocycles. The Labute approximate surface area is 189 Å². The van der Waals surface area contributed by atoms with Gasteiger partial charge >= 0.3 is 18.0 Å². The van der Waals surface area contributed by atoms with Crippen LogP contribution in [0.3, 0.4) is 0 Å². The van der Waals surface area contributed by atoms with Crippen LogP contribution in [0, 0.1) is 0 Å². The highest BCUT2D eigenvalue weighted by atomic mass is 16.5. The molecule has 0 aliphatic rings. The van der Waals surface area contributed by atoms with Gasteiger partial charge < -0.3 is 42.6 Å². The molecule has 0 spiro atoms. The minimum Gasteiger partial charge on any atom is -0.481 e. The molecular formula is C18H30N8O7. The molecule has 0 saturated carbocycles. The second-order valence-electron chi connectivity index (χ2n) is 7.24. The number of nitrogens with zero attached hydrogens (tertiary/aromatic N) is 3. The Morgan fingerprint density at radius 2 is 1.70 bits per heavy atom. The zero-order valence-electron chi connectivity index (χ0n) is 18.2. The molecule has 0 bridgehead atoms. The lowest BCUT2D eigenvalue weighted by Crippen LogP contribution is -2.46. The number of aliphatic carboxylic acids is 2. The highest BCUT2D eigenvalue weighted by Gasteiger charge is 2.25. The zero-order chi connectivity index (χ0) is 25.0. The Bertz CT molecular complexity index is 853. The number of hydrogen-bond acceptors (Lipinski definition) is 9. The zero-order valence-corrected chi connectivity index (χ0v) is 18.2. The van der Waals surface area contributed by atoms with Gasteiger partial charge in [-0.05, 0) is 32.6 Å². The van der Waals surface area contributed by atoms with Crippen molar-refractivity contribution in [3.8, 4) is 0 Å². The van der Waals surface area contributed by atoms with E-state index in [1.54, 1.807) is 0 Å². The number of nitrogens with one attached hydrogen (secondary N) is 2. The van der Waals surface area contributed by atoms with Gasteiger partial charge in [0.15, 0.2) is 17.6 Å². The lowest BCUT2D eigenvalue weighted by atomic mass is 10.1. The van der Waals surface area contributed by atoms with Crippen molar-refractivity contribution in [3.05, 3.63) is 11.7 Å². The summed E-state index contributed by atoms with van der Waals surface area (Å²) in [6.07, 6.45) is 0.221. The number of aliphatic imine (C=N–C) groups is 1. The summed E-state index contributed by atoms with van der Waals surface area (Å²) < 4.78 is 5.20. The number of carbonyl (C=O) groups excluding carboxylic acids is 2. The van der Waals surface area contributed by atoms with Gasteiger partial charge in [-0.15, -0.1) is 0 Å². The van der Waals surface area contributed by atoms with Gasteiger partial charge in [-0.1, -0.05) is 5.16 Å². The van der Waals surface area contributed by atoms with Crippen molar-refractivity contribution in [2.24, 2.45) is 22.2 Å². The number of carboxylic acid groups (broad SMARTS) is 2. The van der Waals surface area contributed by atoms with Crippen LogP contribution in [0.25, 0.3) is 0 Å². The van der Waals surface area contributed by atoms with Crippen LogP contribution in [0.5, 0.6) is 0 Å². The van der Waals surface area contributed by atoms with Gasteiger partial charge in [0.05, 0.1) is 12.1 Å². The maximum Gasteiger partial charge on any atom is 0.316 e. The SMILES string of the molecule is CC(=O)[C@H](CCC(=O)O)NC(=O)N[C@@H](CCCN=C(N)N)c1nc([C@@H](N)CCC(=O)O)no1. The van der Waals surface area contributed by atoms with E-state index in [0.29, 0.717) is 6.42 Å². The lowest BCUT2D eigenvalue weighted by molar-refractivity contribution is -0.138. The topological polar surface area (TPSA) is 262 Å². The third kappa shape index (κ3) is 10.9. The van der Waals surface area contributed by atoms with Crippen molar-refractivity contribution >= 4 is 29.7 Å². The number of ketones is 1. The van der Waals surface area contributed by atoms with Crippen molar-refractivity contribution in [2.45, 2.75) is 63.6 Å². The predicted octanol–water partition coefficient (Wildman–Crippen LogP) is -0.849. The molecule has 10 N–H and O–H groups in total. The number of carbonyl (C=O) groups is 4. The van der Waals surface area contributed by atoms with Crippen molar-refractivity contribution in [3.63, 3.8) is 0 Å². The summed E-state index contributed by atoms with van der Waals surface area (Å²) >= 11 is 0. The van der Waals surface area contributed by atoms with Crippen LogP contribution < -0.4 is 27.8 Å². The first kappa shape index (κ1) is 27.3. The summed E-state index contributed by atoms with van der Waals surface area (Å²) in [5.41, 5.74) is 16.5. The molecule has 0 saturated heterocycles. The highest BCUT2D eigenvalue weighted by molar-refractivity contribution is 5.87. The fourth-order valence-electron chi connectivity index (χ4n) is 2.71. The van der Waals surface area contributed by atoms with Crippen molar-refractivity contribution in [1.29, 1.82) is 0 Å². The fourth-order valence-corrected chi connectivity index (χ4v) is 2.71. The number of carboxylic acids is 2. The minimum atomic E-state index is -1.10. The van der Waals surface area contributed by atoms with Gasteiger partial charge in [0, 0.05) is 19.4 Å². The van der Waals surface area contributed by atoms with E-state index in [4.69, 9.17) is 31.9 Å². The summed E-state index contributed by atoms with van der Waals surface area (Å²) in [5.74, 6) is -2.53. The summed E-state index contributed by atoms with van der Waals surface area (Å²) in [7, 11) is 0. The lowest BCUT2D eigenvalue weighted by Gasteiger charge is -2.19. The number of aromatic nitrogens is 2. The first-order chi connectivity index (χ1) is 15.5. The van der Waals surface area contributed by atoms with Crippen molar-refractivity contribution in [2.75, 3.05) is 6.54 Å². The summed E-state index contributed by atoms with van der Waals surface area (Å²) in [5, 5.41) is 26.4. The van der Waals surface area contributed by atoms with Gasteiger partial charge in [0.2, 0.25) is 5.89 Å². The van der Waals surface area contributed by atoms with E-state index < -0.39 is 41.9 Å². The molecule has 15 heteroatoms. The van der Waals surface area contributed by atoms with E-state index in [0.717, 1.165) is 0 Å². The quantitative estimate of drug-likeness (QED) is 0.0938. The van der Waals surface area contributed by atoms with Crippen LogP contribution in [0.2, 0.25) is 0 Å². The van der Waals surface area contributed by atoms with Crippen LogP contribution in [0.15, 0.2) is 9.52 Å². The average molecular weight is 470 g/mol. The van der Waals surface area contributed by atoms with Gasteiger partial charge in [0.1, 0.15) is 6.04 Å². The second kappa shape index (κ2) is 13.6. The van der Waals surface area contributed by atoms with E-state index >= 15 is 0 Å².